The van der Waals surface area contributed by atoms with Gasteiger partial charge in [-0.15, -0.1) is 0 Å². The van der Waals surface area contributed by atoms with Gasteiger partial charge in [-0.1, -0.05) is 39.0 Å². The van der Waals surface area contributed by atoms with Crippen LogP contribution in [0.15, 0.2) is 46.1 Å². The van der Waals surface area contributed by atoms with Crippen LogP contribution < -0.4 is 15.3 Å². The van der Waals surface area contributed by atoms with E-state index in [-0.39, 0.29) is 29.7 Å². The molecule has 1 aromatic rings. The number of carbonyl (C=O) groups excluding carboxylic acids is 1. The molecule has 4 rings (SSSR count). The Morgan fingerprint density at radius 3 is 2.59 bits per heavy atom. The van der Waals surface area contributed by atoms with Crippen molar-refractivity contribution in [3.05, 3.63) is 41.6 Å². The molecule has 0 amide bonds. The van der Waals surface area contributed by atoms with Gasteiger partial charge in [0, 0.05) is 7.11 Å². The molecule has 0 bridgehead atoms. The van der Waals surface area contributed by atoms with E-state index >= 15 is 0 Å². The van der Waals surface area contributed by atoms with Crippen molar-refractivity contribution in [3.8, 4) is 5.75 Å². The highest BCUT2D eigenvalue weighted by atomic mass is 31.2. The normalized spacial score (nSPS) is 29.3. The highest BCUT2D eigenvalue weighted by Crippen LogP contribution is 2.47. The van der Waals surface area contributed by atoms with E-state index in [2.05, 4.69) is 36.0 Å². The minimum Gasteiger partial charge on any atom is -0.462 e. The lowest BCUT2D eigenvalue weighted by atomic mass is 9.87. The van der Waals surface area contributed by atoms with Crippen molar-refractivity contribution in [1.82, 2.24) is 10.1 Å². The van der Waals surface area contributed by atoms with E-state index < -0.39 is 56.3 Å². The van der Waals surface area contributed by atoms with Gasteiger partial charge in [-0.2, -0.15) is 10.2 Å². The zero-order chi connectivity index (χ0) is 32.4. The molecule has 3 aliphatic heterocycles. The zero-order valence-corrected chi connectivity index (χ0v) is 27.1. The van der Waals surface area contributed by atoms with Crippen LogP contribution in [0, 0.1) is 0 Å². The van der Waals surface area contributed by atoms with Crippen LogP contribution in [-0.4, -0.2) is 95.8 Å². The van der Waals surface area contributed by atoms with Crippen molar-refractivity contribution in [2.45, 2.75) is 95.5 Å². The average molecular weight is 638 g/mol. The fraction of sp³-hybridized carbons (Fsp3) is 0.621. The van der Waals surface area contributed by atoms with E-state index in [9.17, 15) is 19.6 Å². The number of fused-ring (bicyclic) bond motifs is 1. The number of esters is 1. The molecule has 3 aliphatic rings. The molecule has 15 heteroatoms. The third-order valence-electron chi connectivity index (χ3n) is 7.99. The number of methoxy groups -OCH3 is 1. The SMILES string of the molecule is COC(C)COC(=O)[C@H](C)NP(=O)(OC[C@H]1O[C@@](C)(C2CC=C3C(N)=NC=NN32)[C@H](O)[C@@H]1O)Oc1ccc(C(C)(C)C)cc1. The Balaban J connectivity index is 1.49. The Labute approximate surface area is 257 Å². The van der Waals surface area contributed by atoms with Gasteiger partial charge in [-0.25, -0.2) is 9.56 Å². The number of aliphatic hydroxyl groups is 2. The quantitative estimate of drug-likeness (QED) is 0.194. The Hall–Kier alpha value is -2.84. The third kappa shape index (κ3) is 7.34. The Bertz CT molecular complexity index is 1330. The summed E-state index contributed by atoms with van der Waals surface area (Å²) in [5, 5.41) is 30.6. The van der Waals surface area contributed by atoms with Crippen molar-refractivity contribution in [3.63, 3.8) is 0 Å². The molecule has 8 atom stereocenters. The van der Waals surface area contributed by atoms with Gasteiger partial charge in [0.25, 0.3) is 0 Å². The highest BCUT2D eigenvalue weighted by Gasteiger charge is 2.58. The maximum absolute atomic E-state index is 14.1. The Kier molecular flexibility index (Phi) is 10.3. The summed E-state index contributed by atoms with van der Waals surface area (Å²) < 4.78 is 42.3. The number of nitrogens with two attached hydrogens (primary N) is 1. The molecular formula is C29H44N5O9P. The second kappa shape index (κ2) is 13.3. The number of benzene rings is 1. The fourth-order valence-electron chi connectivity index (χ4n) is 5.15. The number of carbonyl (C=O) groups is 1. The summed E-state index contributed by atoms with van der Waals surface area (Å²) in [4.78, 5) is 16.7. The van der Waals surface area contributed by atoms with E-state index in [0.29, 0.717) is 12.1 Å². The molecule has 1 fully saturated rings. The summed E-state index contributed by atoms with van der Waals surface area (Å²) in [7, 11) is -2.80. The molecule has 0 saturated carbocycles. The van der Waals surface area contributed by atoms with E-state index in [1.54, 1.807) is 31.0 Å². The molecule has 0 aromatic heterocycles. The van der Waals surface area contributed by atoms with Crippen LogP contribution in [0.1, 0.15) is 53.5 Å². The zero-order valence-electron chi connectivity index (χ0n) is 26.2. The van der Waals surface area contributed by atoms with Crippen LogP contribution in [0.5, 0.6) is 5.75 Å². The summed E-state index contributed by atoms with van der Waals surface area (Å²) in [5.74, 6) is -0.186. The van der Waals surface area contributed by atoms with Crippen molar-refractivity contribution in [2.75, 3.05) is 20.3 Å². The van der Waals surface area contributed by atoms with Crippen LogP contribution in [0.3, 0.4) is 0 Å². The minimum atomic E-state index is -4.29. The molecule has 5 N–H and O–H groups in total. The molecule has 244 valence electrons. The van der Waals surface area contributed by atoms with E-state index in [1.165, 1.54) is 20.4 Å². The first-order valence-electron chi connectivity index (χ1n) is 14.5. The first-order chi connectivity index (χ1) is 20.6. The monoisotopic (exact) mass is 637 g/mol. The second-order valence-electron chi connectivity index (χ2n) is 12.4. The number of nitrogens with one attached hydrogen (secondary N) is 1. The summed E-state index contributed by atoms with van der Waals surface area (Å²) in [6, 6.07) is 5.39. The first-order valence-corrected chi connectivity index (χ1v) is 16.0. The van der Waals surface area contributed by atoms with E-state index in [1.807, 2.05) is 18.2 Å². The number of rotatable bonds is 12. The van der Waals surface area contributed by atoms with Gasteiger partial charge in [-0.05, 0) is 50.3 Å². The van der Waals surface area contributed by atoms with Crippen molar-refractivity contribution < 1.29 is 42.8 Å². The maximum Gasteiger partial charge on any atom is 0.459 e. The lowest BCUT2D eigenvalue weighted by molar-refractivity contribution is -0.148. The average Bonchev–Trinajstić information content (AvgIpc) is 3.51. The Morgan fingerprint density at radius 1 is 1.27 bits per heavy atom. The molecule has 44 heavy (non-hydrogen) atoms. The second-order valence-corrected chi connectivity index (χ2v) is 14.1. The third-order valence-corrected chi connectivity index (χ3v) is 9.64. The number of aliphatic imine (C=N–C) groups is 1. The van der Waals surface area contributed by atoms with Crippen LogP contribution in [0.2, 0.25) is 0 Å². The number of aliphatic hydroxyl groups excluding tert-OH is 2. The molecule has 3 heterocycles. The molecule has 0 aliphatic carbocycles. The van der Waals surface area contributed by atoms with Gasteiger partial charge in [-0.3, -0.25) is 14.3 Å². The smallest absolute Gasteiger partial charge is 0.459 e. The molecule has 0 radical (unpaired) electrons. The lowest BCUT2D eigenvalue weighted by Gasteiger charge is -2.39. The minimum absolute atomic E-state index is 0.00346. The predicted octanol–water partition coefficient (Wildman–Crippen LogP) is 2.20. The molecule has 0 spiro atoms. The predicted molar refractivity (Wildman–Crippen MR) is 163 cm³/mol. The topological polar surface area (TPSA) is 187 Å². The number of hydrogen-bond donors (Lipinski definition) is 4. The van der Waals surface area contributed by atoms with Gasteiger partial charge in [0.1, 0.15) is 48.6 Å². The standard InChI is InChI=1S/C29H44N5O9P/c1-17(39-7)14-40-27(37)18(2)33-44(38,43-20-10-8-19(9-11-20)28(3,4)5)41-15-22-24(35)25(36)29(6,42-22)23-13-12-21-26(30)31-16-32-34(21)23/h8-12,16-18,22-25,35-36H,13-15H2,1-7H3,(H,33,38)(H2,30,31,32)/t17?,18-,22+,23?,24+,25+,29-,44?/m0/s1. The highest BCUT2D eigenvalue weighted by molar-refractivity contribution is 7.52. The molecular weight excluding hydrogens is 593 g/mol. The molecule has 14 nitrogen and oxygen atoms in total. The lowest BCUT2D eigenvalue weighted by Crippen LogP contribution is -2.55. The number of nitrogens with zero attached hydrogens (tertiary/aromatic N) is 3. The van der Waals surface area contributed by atoms with Crippen molar-refractivity contribution in [2.24, 2.45) is 15.8 Å². The maximum atomic E-state index is 14.1. The fourth-order valence-corrected chi connectivity index (χ4v) is 6.65. The largest absolute Gasteiger partial charge is 0.462 e. The number of amidine groups is 1. The number of ether oxygens (including phenoxy) is 3. The van der Waals surface area contributed by atoms with Crippen molar-refractivity contribution >= 4 is 25.9 Å². The number of hydrazone groups is 1. The molecule has 1 saturated heterocycles. The van der Waals surface area contributed by atoms with Crippen LogP contribution in [0.25, 0.3) is 0 Å². The first kappa shape index (κ1) is 34.0. The Morgan fingerprint density at radius 2 is 1.95 bits per heavy atom. The van der Waals surface area contributed by atoms with E-state index in [4.69, 9.17) is 29.0 Å². The summed E-state index contributed by atoms with van der Waals surface area (Å²) >= 11 is 0. The van der Waals surface area contributed by atoms with Crippen LogP contribution >= 0.6 is 7.75 Å². The molecule has 1 aromatic carbocycles. The number of hydrogen-bond acceptors (Lipinski definition) is 13. The van der Waals surface area contributed by atoms with Crippen molar-refractivity contribution in [1.29, 1.82) is 0 Å². The molecule has 3 unspecified atom stereocenters. The van der Waals surface area contributed by atoms with Gasteiger partial charge < -0.3 is 34.7 Å². The van der Waals surface area contributed by atoms with Gasteiger partial charge in [0.2, 0.25) is 0 Å². The van der Waals surface area contributed by atoms with E-state index in [0.717, 1.165) is 5.56 Å². The summed E-state index contributed by atoms with van der Waals surface area (Å²) in [6.07, 6.45) is -0.624. The van der Waals surface area contributed by atoms with Gasteiger partial charge >= 0.3 is 13.7 Å². The summed E-state index contributed by atoms with van der Waals surface area (Å²) in [6.45, 7) is 10.6. The van der Waals surface area contributed by atoms with Gasteiger partial charge in [0.15, 0.2) is 5.84 Å². The summed E-state index contributed by atoms with van der Waals surface area (Å²) in [5.41, 5.74) is 6.18. The van der Waals surface area contributed by atoms with Crippen LogP contribution in [0.4, 0.5) is 0 Å². The van der Waals surface area contributed by atoms with Gasteiger partial charge in [0.05, 0.1) is 24.4 Å². The van der Waals surface area contributed by atoms with Crippen LogP contribution in [-0.2, 0) is 33.5 Å².